The summed E-state index contributed by atoms with van der Waals surface area (Å²) in [6, 6.07) is 5.51. The molecule has 0 unspecified atom stereocenters. The molecule has 94 valence electrons. The Morgan fingerprint density at radius 3 is 2.65 bits per heavy atom. The highest BCUT2D eigenvalue weighted by atomic mass is 79.9. The first-order valence-corrected chi connectivity index (χ1v) is 6.36. The average Bonchev–Trinajstić information content (AvgIpc) is 2.13. The molecule has 1 aromatic carbocycles. The van der Waals surface area contributed by atoms with Gasteiger partial charge in [0.15, 0.2) is 0 Å². The van der Waals surface area contributed by atoms with Crippen molar-refractivity contribution in [1.82, 2.24) is 5.32 Å². The lowest BCUT2D eigenvalue weighted by Crippen LogP contribution is -2.32. The summed E-state index contributed by atoms with van der Waals surface area (Å²) in [4.78, 5) is 11.4. The Bertz CT molecular complexity index is 415. The fourth-order valence-electron chi connectivity index (χ4n) is 1.15. The Kier molecular flexibility index (Phi) is 4.83. The third kappa shape index (κ3) is 5.41. The van der Waals surface area contributed by atoms with Crippen LogP contribution in [-0.4, -0.2) is 11.7 Å². The van der Waals surface area contributed by atoms with Gasteiger partial charge in [0.2, 0.25) is 0 Å². The molecule has 0 aliphatic heterocycles. The van der Waals surface area contributed by atoms with Gasteiger partial charge in [0.05, 0.1) is 0 Å². The van der Waals surface area contributed by atoms with E-state index in [9.17, 15) is 4.79 Å². The maximum atomic E-state index is 11.4. The van der Waals surface area contributed by atoms with Gasteiger partial charge in [-0.25, -0.2) is 4.79 Å². The number of ether oxygens (including phenoxy) is 1. The molecule has 0 aromatic heterocycles. The SMILES string of the molecule is CC(C)(C)OC(=O)NCc1ccc(Br)cc1Cl. The normalized spacial score (nSPS) is 11.1. The second kappa shape index (κ2) is 5.74. The molecule has 1 rings (SSSR count). The van der Waals surface area contributed by atoms with Crippen LogP contribution in [0, 0.1) is 0 Å². The number of benzene rings is 1. The summed E-state index contributed by atoms with van der Waals surface area (Å²) in [6.45, 7) is 5.80. The fourth-order valence-corrected chi connectivity index (χ4v) is 1.89. The molecule has 0 fully saturated rings. The molecule has 3 nitrogen and oxygen atoms in total. The average molecular weight is 321 g/mol. The van der Waals surface area contributed by atoms with Crippen molar-refractivity contribution < 1.29 is 9.53 Å². The maximum absolute atomic E-state index is 11.4. The van der Waals surface area contributed by atoms with Crippen molar-refractivity contribution in [2.24, 2.45) is 0 Å². The molecule has 0 bridgehead atoms. The van der Waals surface area contributed by atoms with Gasteiger partial charge in [-0.15, -0.1) is 0 Å². The number of amides is 1. The van der Waals surface area contributed by atoms with Crippen LogP contribution >= 0.6 is 27.5 Å². The smallest absolute Gasteiger partial charge is 0.407 e. The van der Waals surface area contributed by atoms with Gasteiger partial charge in [-0.05, 0) is 38.5 Å². The number of nitrogens with one attached hydrogen (secondary N) is 1. The van der Waals surface area contributed by atoms with E-state index in [2.05, 4.69) is 21.2 Å². The monoisotopic (exact) mass is 319 g/mol. The summed E-state index contributed by atoms with van der Waals surface area (Å²) in [5.41, 5.74) is 0.355. The minimum absolute atomic E-state index is 0.348. The Morgan fingerprint density at radius 1 is 1.47 bits per heavy atom. The number of carbonyl (C=O) groups excluding carboxylic acids is 1. The molecule has 0 heterocycles. The summed E-state index contributed by atoms with van der Waals surface area (Å²) in [6.07, 6.45) is -0.448. The number of halogens is 2. The van der Waals surface area contributed by atoms with Crippen LogP contribution in [0.5, 0.6) is 0 Å². The van der Waals surface area contributed by atoms with Gasteiger partial charge in [-0.2, -0.15) is 0 Å². The summed E-state index contributed by atoms with van der Waals surface area (Å²) < 4.78 is 6.03. The fraction of sp³-hybridized carbons (Fsp3) is 0.417. The molecule has 0 spiro atoms. The second-order valence-corrected chi connectivity index (χ2v) is 5.91. The first-order valence-electron chi connectivity index (χ1n) is 5.19. The van der Waals surface area contributed by atoms with Crippen molar-refractivity contribution in [3.8, 4) is 0 Å². The van der Waals surface area contributed by atoms with Crippen LogP contribution < -0.4 is 5.32 Å². The van der Waals surface area contributed by atoms with E-state index in [0.29, 0.717) is 11.6 Å². The molecule has 0 aliphatic carbocycles. The molecule has 5 heteroatoms. The van der Waals surface area contributed by atoms with E-state index in [1.165, 1.54) is 0 Å². The number of alkyl carbamates (subject to hydrolysis) is 1. The van der Waals surface area contributed by atoms with Gasteiger partial charge in [0, 0.05) is 16.0 Å². The predicted molar refractivity (Wildman–Crippen MR) is 72.2 cm³/mol. The summed E-state index contributed by atoms with van der Waals surface area (Å²) in [7, 11) is 0. The van der Waals surface area contributed by atoms with Crippen LogP contribution in [-0.2, 0) is 11.3 Å². The van der Waals surface area contributed by atoms with Crippen molar-refractivity contribution in [3.05, 3.63) is 33.3 Å². The zero-order valence-corrected chi connectivity index (χ0v) is 12.4. The largest absolute Gasteiger partial charge is 0.444 e. The van der Waals surface area contributed by atoms with Gasteiger partial charge in [-0.1, -0.05) is 33.6 Å². The third-order valence-corrected chi connectivity index (χ3v) is 2.68. The standard InChI is InChI=1S/C12H15BrClNO2/c1-12(2,3)17-11(16)15-7-8-4-5-9(13)6-10(8)14/h4-6H,7H2,1-3H3,(H,15,16). The summed E-state index contributed by atoms with van der Waals surface area (Å²) in [5.74, 6) is 0. The topological polar surface area (TPSA) is 38.3 Å². The van der Waals surface area contributed by atoms with Crippen molar-refractivity contribution in [3.63, 3.8) is 0 Å². The van der Waals surface area contributed by atoms with Crippen LogP contribution in [0.2, 0.25) is 5.02 Å². The molecular formula is C12H15BrClNO2. The highest BCUT2D eigenvalue weighted by Crippen LogP contribution is 2.21. The lowest BCUT2D eigenvalue weighted by molar-refractivity contribution is 0.0523. The summed E-state index contributed by atoms with van der Waals surface area (Å²) >= 11 is 9.34. The van der Waals surface area contributed by atoms with Gasteiger partial charge in [-0.3, -0.25) is 0 Å². The van der Waals surface area contributed by atoms with Crippen LogP contribution in [0.3, 0.4) is 0 Å². The second-order valence-electron chi connectivity index (χ2n) is 4.59. The Hall–Kier alpha value is -0.740. The van der Waals surface area contributed by atoms with E-state index in [1.54, 1.807) is 6.07 Å². The number of hydrogen-bond acceptors (Lipinski definition) is 2. The summed E-state index contributed by atoms with van der Waals surface area (Å²) in [5, 5.41) is 3.26. The van der Waals surface area contributed by atoms with E-state index < -0.39 is 11.7 Å². The number of rotatable bonds is 2. The maximum Gasteiger partial charge on any atom is 0.407 e. The van der Waals surface area contributed by atoms with Crippen molar-refractivity contribution >= 4 is 33.6 Å². The molecule has 17 heavy (non-hydrogen) atoms. The number of carbonyl (C=O) groups is 1. The highest BCUT2D eigenvalue weighted by molar-refractivity contribution is 9.10. The molecule has 1 N–H and O–H groups in total. The van der Waals surface area contributed by atoms with Crippen molar-refractivity contribution in [2.45, 2.75) is 32.9 Å². The van der Waals surface area contributed by atoms with E-state index in [4.69, 9.17) is 16.3 Å². The lowest BCUT2D eigenvalue weighted by atomic mass is 10.2. The Morgan fingerprint density at radius 2 is 2.12 bits per heavy atom. The van der Waals surface area contributed by atoms with Gasteiger partial charge < -0.3 is 10.1 Å². The van der Waals surface area contributed by atoms with E-state index in [-0.39, 0.29) is 0 Å². The zero-order chi connectivity index (χ0) is 13.1. The van der Waals surface area contributed by atoms with Crippen LogP contribution in [0.15, 0.2) is 22.7 Å². The van der Waals surface area contributed by atoms with Gasteiger partial charge in [0.25, 0.3) is 0 Å². The minimum Gasteiger partial charge on any atom is -0.444 e. The Balaban J connectivity index is 2.53. The Labute approximate surface area is 115 Å². The minimum atomic E-state index is -0.492. The van der Waals surface area contributed by atoms with Crippen molar-refractivity contribution in [1.29, 1.82) is 0 Å². The zero-order valence-electron chi connectivity index (χ0n) is 10.0. The van der Waals surface area contributed by atoms with Crippen LogP contribution in [0.25, 0.3) is 0 Å². The first-order chi connectivity index (χ1) is 7.78. The highest BCUT2D eigenvalue weighted by Gasteiger charge is 2.15. The van der Waals surface area contributed by atoms with E-state index >= 15 is 0 Å². The molecule has 0 saturated heterocycles. The van der Waals surface area contributed by atoms with E-state index in [1.807, 2.05) is 32.9 Å². The van der Waals surface area contributed by atoms with E-state index in [0.717, 1.165) is 10.0 Å². The van der Waals surface area contributed by atoms with Gasteiger partial charge >= 0.3 is 6.09 Å². The molecule has 0 atom stereocenters. The van der Waals surface area contributed by atoms with Crippen LogP contribution in [0.4, 0.5) is 4.79 Å². The lowest BCUT2D eigenvalue weighted by Gasteiger charge is -2.19. The van der Waals surface area contributed by atoms with Gasteiger partial charge in [0.1, 0.15) is 5.60 Å². The molecular weight excluding hydrogens is 305 g/mol. The van der Waals surface area contributed by atoms with Crippen LogP contribution in [0.1, 0.15) is 26.3 Å². The predicted octanol–water partition coefficient (Wildman–Crippen LogP) is 4.13. The molecule has 1 aromatic rings. The third-order valence-electron chi connectivity index (χ3n) is 1.84. The first kappa shape index (κ1) is 14.3. The molecule has 1 amide bonds. The quantitative estimate of drug-likeness (QED) is 0.890. The van der Waals surface area contributed by atoms with Crippen molar-refractivity contribution in [2.75, 3.05) is 0 Å². The number of hydrogen-bond donors (Lipinski definition) is 1. The molecule has 0 radical (unpaired) electrons. The molecule has 0 saturated carbocycles. The molecule has 0 aliphatic rings.